The molecule has 0 unspecified atom stereocenters. The molecule has 0 saturated carbocycles. The number of fused-ring (bicyclic) bond motifs is 1. The van der Waals surface area contributed by atoms with Crippen molar-refractivity contribution in [3.05, 3.63) is 41.6 Å². The lowest BCUT2D eigenvalue weighted by Crippen LogP contribution is -2.29. The number of benzene rings is 1. The van der Waals surface area contributed by atoms with Gasteiger partial charge >= 0.3 is 5.97 Å². The molecular weight excluding hydrogens is 282 g/mol. The lowest BCUT2D eigenvalue weighted by Gasteiger charge is -2.18. The fourth-order valence-corrected chi connectivity index (χ4v) is 3.64. The minimum Gasteiger partial charge on any atom is -0.478 e. The molecule has 2 aromatic rings. The van der Waals surface area contributed by atoms with Gasteiger partial charge in [0, 0.05) is 6.54 Å². The third-order valence-electron chi connectivity index (χ3n) is 3.23. The zero-order valence-corrected chi connectivity index (χ0v) is 11.1. The Balaban J connectivity index is 2.09. The zero-order valence-electron chi connectivity index (χ0n) is 10.3. The van der Waals surface area contributed by atoms with Gasteiger partial charge in [-0.15, -0.1) is 0 Å². The quantitative estimate of drug-likeness (QED) is 0.873. The summed E-state index contributed by atoms with van der Waals surface area (Å²) in [5.41, 5.74) is 1.30. The molecule has 0 saturated heterocycles. The van der Waals surface area contributed by atoms with Crippen LogP contribution in [0.25, 0.3) is 0 Å². The lowest BCUT2D eigenvalue weighted by atomic mass is 10.1. The number of anilines is 1. The minimum atomic E-state index is -3.73. The summed E-state index contributed by atoms with van der Waals surface area (Å²) in [5.74, 6) is -1.08. The van der Waals surface area contributed by atoms with Crippen LogP contribution >= 0.6 is 0 Å². The first-order valence-corrected chi connectivity index (χ1v) is 7.32. The van der Waals surface area contributed by atoms with Gasteiger partial charge in [0.2, 0.25) is 0 Å². The summed E-state index contributed by atoms with van der Waals surface area (Å²) in [5, 5.41) is 15.1. The molecule has 0 atom stereocenters. The fraction of sp³-hybridized carbons (Fsp3) is 0.167. The summed E-state index contributed by atoms with van der Waals surface area (Å²) in [4.78, 5) is 11.0. The Labute approximate surface area is 114 Å². The number of aromatic amines is 1. The minimum absolute atomic E-state index is 0.00826. The largest absolute Gasteiger partial charge is 0.478 e. The average molecular weight is 293 g/mol. The van der Waals surface area contributed by atoms with Gasteiger partial charge in [-0.2, -0.15) is 13.5 Å². The number of carboxylic acid groups (broad SMARTS) is 1. The van der Waals surface area contributed by atoms with Crippen LogP contribution in [-0.2, 0) is 16.4 Å². The summed E-state index contributed by atoms with van der Waals surface area (Å²) < 4.78 is 26.1. The molecular formula is C12H11N3O4S. The van der Waals surface area contributed by atoms with E-state index in [4.69, 9.17) is 5.11 Å². The maximum absolute atomic E-state index is 12.4. The van der Waals surface area contributed by atoms with Gasteiger partial charge in [0.05, 0.1) is 17.4 Å². The van der Waals surface area contributed by atoms with Crippen molar-refractivity contribution in [2.45, 2.75) is 11.4 Å². The Hall–Kier alpha value is -2.35. The maximum atomic E-state index is 12.4. The number of nitrogens with one attached hydrogen (secondary N) is 1. The average Bonchev–Trinajstić information content (AvgIpc) is 3.07. The first-order valence-electron chi connectivity index (χ1n) is 5.88. The van der Waals surface area contributed by atoms with E-state index in [0.29, 0.717) is 18.7 Å². The standard InChI is InChI=1S/C12H11N3O4S/c16-12(17)9-2-1-8-4-6-15(10(8)7-9)20(18,19)11-3-5-13-14-11/h1-3,5,7H,4,6H2,(H,13,14)(H,16,17). The number of aromatic carboxylic acids is 1. The highest BCUT2D eigenvalue weighted by molar-refractivity contribution is 7.92. The van der Waals surface area contributed by atoms with Crippen LogP contribution in [0.1, 0.15) is 15.9 Å². The van der Waals surface area contributed by atoms with Crippen molar-refractivity contribution in [3.63, 3.8) is 0 Å². The van der Waals surface area contributed by atoms with Crippen LogP contribution in [0, 0.1) is 0 Å². The van der Waals surface area contributed by atoms with Gasteiger partial charge < -0.3 is 5.11 Å². The number of rotatable bonds is 3. The van der Waals surface area contributed by atoms with Crippen molar-refractivity contribution < 1.29 is 18.3 Å². The summed E-state index contributed by atoms with van der Waals surface area (Å²) in [6.45, 7) is 0.291. The van der Waals surface area contributed by atoms with Crippen molar-refractivity contribution >= 4 is 21.7 Å². The molecule has 8 heteroatoms. The van der Waals surface area contributed by atoms with Gasteiger partial charge in [-0.05, 0) is 30.2 Å². The van der Waals surface area contributed by atoms with Crippen LogP contribution < -0.4 is 4.31 Å². The molecule has 20 heavy (non-hydrogen) atoms. The van der Waals surface area contributed by atoms with E-state index in [9.17, 15) is 13.2 Å². The fourth-order valence-electron chi connectivity index (χ4n) is 2.24. The van der Waals surface area contributed by atoms with E-state index in [-0.39, 0.29) is 10.6 Å². The number of hydrogen-bond donors (Lipinski definition) is 2. The van der Waals surface area contributed by atoms with Crippen LogP contribution in [0.3, 0.4) is 0 Å². The number of hydrogen-bond acceptors (Lipinski definition) is 4. The first kappa shape index (κ1) is 12.7. The number of carboxylic acids is 1. The molecule has 104 valence electrons. The third kappa shape index (κ3) is 1.85. The molecule has 0 aliphatic carbocycles. The Morgan fingerprint density at radius 3 is 2.80 bits per heavy atom. The molecule has 7 nitrogen and oxygen atoms in total. The van der Waals surface area contributed by atoms with Gasteiger partial charge in [-0.3, -0.25) is 9.40 Å². The van der Waals surface area contributed by atoms with Crippen LogP contribution in [0.5, 0.6) is 0 Å². The predicted octanol–water partition coefficient (Wildman–Crippen LogP) is 0.859. The van der Waals surface area contributed by atoms with Crippen molar-refractivity contribution in [2.75, 3.05) is 10.8 Å². The number of sulfonamides is 1. The third-order valence-corrected chi connectivity index (χ3v) is 4.97. The summed E-state index contributed by atoms with van der Waals surface area (Å²) in [7, 11) is -3.73. The molecule has 2 heterocycles. The van der Waals surface area contributed by atoms with Crippen molar-refractivity contribution in [3.8, 4) is 0 Å². The van der Waals surface area contributed by atoms with Crippen LogP contribution in [0.4, 0.5) is 5.69 Å². The molecule has 0 amide bonds. The molecule has 1 aromatic heterocycles. The number of H-pyrrole nitrogens is 1. The molecule has 3 rings (SSSR count). The number of carbonyl (C=O) groups is 1. The van der Waals surface area contributed by atoms with E-state index in [1.54, 1.807) is 6.07 Å². The van der Waals surface area contributed by atoms with Crippen LogP contribution in [0.2, 0.25) is 0 Å². The van der Waals surface area contributed by atoms with Crippen molar-refractivity contribution in [2.24, 2.45) is 0 Å². The van der Waals surface area contributed by atoms with Crippen molar-refractivity contribution in [1.29, 1.82) is 0 Å². The van der Waals surface area contributed by atoms with E-state index in [1.807, 2.05) is 0 Å². The lowest BCUT2D eigenvalue weighted by molar-refractivity contribution is 0.0697. The first-order chi connectivity index (χ1) is 9.50. The molecule has 0 bridgehead atoms. The Morgan fingerprint density at radius 2 is 2.15 bits per heavy atom. The van der Waals surface area contributed by atoms with Crippen LogP contribution in [-0.4, -0.2) is 36.2 Å². The summed E-state index contributed by atoms with van der Waals surface area (Å²) >= 11 is 0. The monoisotopic (exact) mass is 293 g/mol. The second kappa shape index (κ2) is 4.34. The van der Waals surface area contributed by atoms with E-state index in [2.05, 4.69) is 10.2 Å². The smallest absolute Gasteiger partial charge is 0.335 e. The molecule has 1 aliphatic rings. The highest BCUT2D eigenvalue weighted by atomic mass is 32.2. The van der Waals surface area contributed by atoms with Gasteiger partial charge in [0.15, 0.2) is 5.03 Å². The molecule has 0 spiro atoms. The normalized spacial score (nSPS) is 14.3. The number of nitrogens with zero attached hydrogens (tertiary/aromatic N) is 2. The zero-order chi connectivity index (χ0) is 14.3. The molecule has 1 aliphatic heterocycles. The van der Waals surface area contributed by atoms with E-state index in [1.165, 1.54) is 28.7 Å². The van der Waals surface area contributed by atoms with Gasteiger partial charge in [-0.1, -0.05) is 6.07 Å². The predicted molar refractivity (Wildman–Crippen MR) is 70.2 cm³/mol. The van der Waals surface area contributed by atoms with E-state index >= 15 is 0 Å². The van der Waals surface area contributed by atoms with Gasteiger partial charge in [-0.25, -0.2) is 4.79 Å². The molecule has 0 radical (unpaired) electrons. The summed E-state index contributed by atoms with van der Waals surface area (Å²) in [6, 6.07) is 5.89. The second-order valence-electron chi connectivity index (χ2n) is 4.40. The Morgan fingerprint density at radius 1 is 1.35 bits per heavy atom. The number of aromatic nitrogens is 2. The van der Waals surface area contributed by atoms with Gasteiger partial charge in [0.1, 0.15) is 0 Å². The van der Waals surface area contributed by atoms with Crippen molar-refractivity contribution in [1.82, 2.24) is 10.2 Å². The van der Waals surface area contributed by atoms with E-state index in [0.717, 1.165) is 5.56 Å². The molecule has 0 fully saturated rings. The summed E-state index contributed by atoms with van der Waals surface area (Å²) in [6.07, 6.45) is 1.92. The van der Waals surface area contributed by atoms with Gasteiger partial charge in [0.25, 0.3) is 10.0 Å². The highest BCUT2D eigenvalue weighted by Crippen LogP contribution is 2.33. The van der Waals surface area contributed by atoms with E-state index < -0.39 is 16.0 Å². The SMILES string of the molecule is O=C(O)c1ccc2c(c1)N(S(=O)(=O)c1ccn[nH]1)CC2. The highest BCUT2D eigenvalue weighted by Gasteiger charge is 2.32. The Kier molecular flexibility index (Phi) is 2.75. The van der Waals surface area contributed by atoms with Crippen LogP contribution in [0.15, 0.2) is 35.5 Å². The maximum Gasteiger partial charge on any atom is 0.335 e. The topological polar surface area (TPSA) is 103 Å². The second-order valence-corrected chi connectivity index (χ2v) is 6.23. The molecule has 1 aromatic carbocycles. The Bertz CT molecular complexity index is 768. The molecule has 2 N–H and O–H groups in total.